The SMILES string of the molecule is COc1cc2nccc(Cl)c2cc1C1(O)CN(C(=O)OC(C)(C)C)C1. The maximum Gasteiger partial charge on any atom is 0.410 e. The van der Waals surface area contributed by atoms with E-state index >= 15 is 0 Å². The normalized spacial score (nSPS) is 16.5. The number of carbonyl (C=O) groups is 1. The topological polar surface area (TPSA) is 71.9 Å². The van der Waals surface area contributed by atoms with Gasteiger partial charge in [0.2, 0.25) is 0 Å². The smallest absolute Gasteiger partial charge is 0.410 e. The summed E-state index contributed by atoms with van der Waals surface area (Å²) in [6.45, 7) is 5.66. The number of nitrogens with zero attached hydrogens (tertiary/aromatic N) is 2. The van der Waals surface area contributed by atoms with Gasteiger partial charge in [-0.1, -0.05) is 11.6 Å². The largest absolute Gasteiger partial charge is 0.496 e. The van der Waals surface area contributed by atoms with Crippen LogP contribution in [0.4, 0.5) is 4.79 Å². The zero-order valence-electron chi connectivity index (χ0n) is 14.7. The highest BCUT2D eigenvalue weighted by atomic mass is 35.5. The molecule has 1 aliphatic rings. The minimum atomic E-state index is -1.21. The third-order valence-electron chi connectivity index (χ3n) is 4.07. The van der Waals surface area contributed by atoms with E-state index in [2.05, 4.69) is 4.98 Å². The van der Waals surface area contributed by atoms with Crippen molar-refractivity contribution in [2.24, 2.45) is 0 Å². The van der Waals surface area contributed by atoms with Gasteiger partial charge in [0, 0.05) is 23.2 Å². The van der Waals surface area contributed by atoms with Crippen LogP contribution in [0.3, 0.4) is 0 Å². The quantitative estimate of drug-likeness (QED) is 0.884. The molecule has 0 unspecified atom stereocenters. The number of β-amino-alcohol motifs (C(OH)–C–C–N with tert-alkyl or cyclic N) is 1. The van der Waals surface area contributed by atoms with E-state index in [9.17, 15) is 9.90 Å². The van der Waals surface area contributed by atoms with Gasteiger partial charge in [0.1, 0.15) is 17.0 Å². The molecule has 134 valence electrons. The summed E-state index contributed by atoms with van der Waals surface area (Å²) >= 11 is 6.24. The Morgan fingerprint density at radius 1 is 1.36 bits per heavy atom. The summed E-state index contributed by atoms with van der Waals surface area (Å²) in [4.78, 5) is 17.8. The number of methoxy groups -OCH3 is 1. The average molecular weight is 365 g/mol. The lowest BCUT2D eigenvalue weighted by molar-refractivity contribution is -0.104. The van der Waals surface area contributed by atoms with Crippen molar-refractivity contribution < 1.29 is 19.4 Å². The molecule has 1 amide bonds. The predicted molar refractivity (Wildman–Crippen MR) is 95.0 cm³/mol. The molecule has 0 atom stereocenters. The summed E-state index contributed by atoms with van der Waals surface area (Å²) in [7, 11) is 1.53. The highest BCUT2D eigenvalue weighted by Crippen LogP contribution is 2.40. The number of carbonyl (C=O) groups excluding carboxylic acids is 1. The highest BCUT2D eigenvalue weighted by molar-refractivity contribution is 6.35. The van der Waals surface area contributed by atoms with E-state index in [-0.39, 0.29) is 13.1 Å². The van der Waals surface area contributed by atoms with E-state index in [0.717, 1.165) is 5.39 Å². The van der Waals surface area contributed by atoms with Crippen molar-refractivity contribution >= 4 is 28.6 Å². The molecule has 2 aromatic rings. The van der Waals surface area contributed by atoms with Gasteiger partial charge in [0.05, 0.1) is 30.7 Å². The number of halogens is 1. The van der Waals surface area contributed by atoms with E-state index < -0.39 is 17.3 Å². The first kappa shape index (κ1) is 17.8. The van der Waals surface area contributed by atoms with Gasteiger partial charge in [-0.05, 0) is 32.9 Å². The number of ether oxygens (including phenoxy) is 2. The Labute approximate surface area is 151 Å². The first-order chi connectivity index (χ1) is 11.6. The van der Waals surface area contributed by atoms with Gasteiger partial charge >= 0.3 is 6.09 Å². The maximum atomic E-state index is 12.1. The zero-order valence-corrected chi connectivity index (χ0v) is 15.4. The molecule has 0 saturated carbocycles. The fraction of sp³-hybridized carbons (Fsp3) is 0.444. The molecule has 0 aliphatic carbocycles. The highest BCUT2D eigenvalue weighted by Gasteiger charge is 2.48. The van der Waals surface area contributed by atoms with Crippen molar-refractivity contribution in [3.63, 3.8) is 0 Å². The molecule has 2 heterocycles. The number of likely N-dealkylation sites (tertiary alicyclic amines) is 1. The number of amides is 1. The maximum absolute atomic E-state index is 12.1. The van der Waals surface area contributed by atoms with Gasteiger partial charge in [-0.2, -0.15) is 0 Å². The first-order valence-electron chi connectivity index (χ1n) is 7.96. The van der Waals surface area contributed by atoms with Crippen molar-refractivity contribution in [1.82, 2.24) is 9.88 Å². The number of aromatic nitrogens is 1. The third-order valence-corrected chi connectivity index (χ3v) is 4.40. The lowest BCUT2D eigenvalue weighted by Gasteiger charge is -2.46. The van der Waals surface area contributed by atoms with Crippen molar-refractivity contribution in [3.05, 3.63) is 35.0 Å². The fourth-order valence-electron chi connectivity index (χ4n) is 2.88. The Kier molecular flexibility index (Phi) is 4.29. The van der Waals surface area contributed by atoms with Crippen LogP contribution in [0.5, 0.6) is 5.75 Å². The lowest BCUT2D eigenvalue weighted by Crippen LogP contribution is -2.62. The Morgan fingerprint density at radius 3 is 2.64 bits per heavy atom. The van der Waals surface area contributed by atoms with Crippen molar-refractivity contribution in [1.29, 1.82) is 0 Å². The Balaban J connectivity index is 1.89. The van der Waals surface area contributed by atoms with Crippen LogP contribution in [-0.2, 0) is 10.3 Å². The number of benzene rings is 1. The van der Waals surface area contributed by atoms with Crippen molar-refractivity contribution in [2.75, 3.05) is 20.2 Å². The number of hydrogen-bond donors (Lipinski definition) is 1. The number of hydrogen-bond acceptors (Lipinski definition) is 5. The summed E-state index contributed by atoms with van der Waals surface area (Å²) < 4.78 is 10.7. The van der Waals surface area contributed by atoms with E-state index in [0.29, 0.717) is 21.9 Å². The van der Waals surface area contributed by atoms with Gasteiger partial charge in [-0.3, -0.25) is 4.98 Å². The van der Waals surface area contributed by atoms with Gasteiger partial charge in [-0.15, -0.1) is 0 Å². The molecule has 0 spiro atoms. The Bertz CT molecular complexity index is 826. The molecule has 1 N–H and O–H groups in total. The van der Waals surface area contributed by atoms with E-state index in [1.807, 2.05) is 0 Å². The van der Waals surface area contributed by atoms with Crippen LogP contribution >= 0.6 is 11.6 Å². The molecule has 25 heavy (non-hydrogen) atoms. The summed E-state index contributed by atoms with van der Waals surface area (Å²) in [6.07, 6.45) is 1.17. The van der Waals surface area contributed by atoms with Gasteiger partial charge in [0.15, 0.2) is 0 Å². The summed E-state index contributed by atoms with van der Waals surface area (Å²) in [6, 6.07) is 5.21. The van der Waals surface area contributed by atoms with E-state index in [1.165, 1.54) is 12.0 Å². The van der Waals surface area contributed by atoms with Crippen molar-refractivity contribution in [3.8, 4) is 5.75 Å². The molecule has 1 aromatic carbocycles. The molecule has 3 rings (SSSR count). The molecule has 1 aliphatic heterocycles. The summed E-state index contributed by atoms with van der Waals surface area (Å²) in [5, 5.41) is 12.2. The van der Waals surface area contributed by atoms with Crippen molar-refractivity contribution in [2.45, 2.75) is 32.0 Å². The van der Waals surface area contributed by atoms with Gasteiger partial charge < -0.3 is 19.5 Å². The van der Waals surface area contributed by atoms with Gasteiger partial charge in [0.25, 0.3) is 0 Å². The zero-order chi connectivity index (χ0) is 18.4. The van der Waals surface area contributed by atoms with Crippen LogP contribution in [0.2, 0.25) is 5.02 Å². The number of fused-ring (bicyclic) bond motifs is 1. The minimum Gasteiger partial charge on any atom is -0.496 e. The van der Waals surface area contributed by atoms with Crippen LogP contribution in [0.25, 0.3) is 10.9 Å². The van der Waals surface area contributed by atoms with Crippen LogP contribution in [-0.4, -0.2) is 46.9 Å². The number of pyridine rings is 1. The second kappa shape index (κ2) is 6.04. The van der Waals surface area contributed by atoms with E-state index in [1.54, 1.807) is 45.2 Å². The summed E-state index contributed by atoms with van der Waals surface area (Å²) in [5.41, 5.74) is -0.530. The first-order valence-corrected chi connectivity index (χ1v) is 8.34. The summed E-state index contributed by atoms with van der Waals surface area (Å²) in [5.74, 6) is 0.508. The average Bonchev–Trinajstić information content (AvgIpc) is 2.49. The molecule has 6 nitrogen and oxygen atoms in total. The minimum absolute atomic E-state index is 0.127. The molecule has 0 radical (unpaired) electrons. The predicted octanol–water partition coefficient (Wildman–Crippen LogP) is 3.34. The molecular formula is C18H21ClN2O4. The molecular weight excluding hydrogens is 344 g/mol. The molecule has 7 heteroatoms. The standard InChI is InChI=1S/C18H21ClN2O4/c1-17(2,3)25-16(22)21-9-18(23,10-21)12-7-11-13(19)5-6-20-14(11)8-15(12)24-4/h5-8,23H,9-10H2,1-4H3. The number of aliphatic hydroxyl groups is 1. The number of rotatable bonds is 2. The molecule has 1 fully saturated rings. The van der Waals surface area contributed by atoms with Crippen LogP contribution in [0, 0.1) is 0 Å². The molecule has 1 saturated heterocycles. The lowest BCUT2D eigenvalue weighted by atomic mass is 9.85. The monoisotopic (exact) mass is 364 g/mol. The second-order valence-corrected chi connectivity index (χ2v) is 7.64. The van der Waals surface area contributed by atoms with Crippen LogP contribution in [0.1, 0.15) is 26.3 Å². The molecule has 0 bridgehead atoms. The Morgan fingerprint density at radius 2 is 2.04 bits per heavy atom. The van der Waals surface area contributed by atoms with E-state index in [4.69, 9.17) is 21.1 Å². The van der Waals surface area contributed by atoms with Crippen LogP contribution in [0.15, 0.2) is 24.4 Å². The Hall–Kier alpha value is -2.05. The second-order valence-electron chi connectivity index (χ2n) is 7.23. The fourth-order valence-corrected chi connectivity index (χ4v) is 3.09. The molecule has 1 aromatic heterocycles. The van der Waals surface area contributed by atoms with Gasteiger partial charge in [-0.25, -0.2) is 4.79 Å². The van der Waals surface area contributed by atoms with Crippen LogP contribution < -0.4 is 4.74 Å². The third kappa shape index (κ3) is 3.37.